The number of aryl methyl sites for hydroxylation is 1. The van der Waals surface area contributed by atoms with Gasteiger partial charge in [-0.25, -0.2) is 8.42 Å². The maximum Gasteiger partial charge on any atom is 0.340 e. The normalized spacial score (nSPS) is 26.6. The van der Waals surface area contributed by atoms with Gasteiger partial charge in [0.05, 0.1) is 32.7 Å². The molecule has 9 heteroatoms. The zero-order chi connectivity index (χ0) is 28.0. The lowest BCUT2D eigenvalue weighted by Gasteiger charge is -2.57. The molecule has 0 amide bonds. The maximum atomic E-state index is 11.6. The van der Waals surface area contributed by atoms with Crippen LogP contribution in [0.25, 0.3) is 0 Å². The summed E-state index contributed by atoms with van der Waals surface area (Å²) < 4.78 is 46.7. The predicted octanol–water partition coefficient (Wildman–Crippen LogP) is 4.80. The summed E-state index contributed by atoms with van der Waals surface area (Å²) in [6.07, 6.45) is 12.9. The van der Waals surface area contributed by atoms with Crippen LogP contribution in [0.2, 0.25) is 0 Å². The molecule has 212 valence electrons. The first-order chi connectivity index (χ1) is 17.1. The molecule has 3 rings (SSSR count). The molecule has 2 aliphatic carbocycles. The molecule has 1 saturated carbocycles. The van der Waals surface area contributed by atoms with Gasteiger partial charge in [-0.3, -0.25) is 20.2 Å². The molecular weight excluding hydrogens is 490 g/mol. The summed E-state index contributed by atoms with van der Waals surface area (Å²) in [6, 6.07) is 1.95. The third-order valence-electron chi connectivity index (χ3n) is 8.86. The molecule has 8 nitrogen and oxygen atoms in total. The van der Waals surface area contributed by atoms with Gasteiger partial charge in [-0.1, -0.05) is 45.8 Å². The van der Waals surface area contributed by atoms with Crippen LogP contribution in [0.4, 0.5) is 0 Å². The summed E-state index contributed by atoms with van der Waals surface area (Å²) in [7, 11) is -1.19. The van der Waals surface area contributed by atoms with Crippen LogP contribution in [0, 0.1) is 28.6 Å². The Bertz CT molecular complexity index is 1010. The Morgan fingerprint density at radius 2 is 1.92 bits per heavy atom. The summed E-state index contributed by atoms with van der Waals surface area (Å²) in [5.41, 5.74) is 12.9. The molecule has 1 heterocycles. The highest BCUT2D eigenvalue weighted by molar-refractivity contribution is 7.80. The molecule has 5 atom stereocenters. The highest BCUT2D eigenvalue weighted by Crippen LogP contribution is 2.60. The van der Waals surface area contributed by atoms with Crippen molar-refractivity contribution in [1.82, 2.24) is 0 Å². The maximum absolute atomic E-state index is 11.6. The first-order valence-corrected chi connectivity index (χ1v) is 14.8. The van der Waals surface area contributed by atoms with E-state index in [1.165, 1.54) is 18.4 Å². The molecule has 0 saturated heterocycles. The van der Waals surface area contributed by atoms with Gasteiger partial charge in [0.1, 0.15) is 0 Å². The first kappa shape index (κ1) is 31.4. The molecule has 4 N–H and O–H groups in total. The highest BCUT2D eigenvalue weighted by Gasteiger charge is 2.52. The number of allylic oxidation sites excluding steroid dienone is 2. The number of furan rings is 1. The molecule has 37 heavy (non-hydrogen) atoms. The van der Waals surface area contributed by atoms with Gasteiger partial charge in [-0.05, 0) is 92.1 Å². The van der Waals surface area contributed by atoms with Gasteiger partial charge < -0.3 is 8.97 Å². The van der Waals surface area contributed by atoms with E-state index < -0.39 is 16.5 Å². The average molecular weight is 540 g/mol. The van der Waals surface area contributed by atoms with E-state index >= 15 is 0 Å². The summed E-state index contributed by atoms with van der Waals surface area (Å²) >= 11 is 0. The van der Waals surface area contributed by atoms with Crippen molar-refractivity contribution in [2.24, 2.45) is 40.1 Å². The number of hydrogen-bond donors (Lipinski definition) is 2. The van der Waals surface area contributed by atoms with Crippen LogP contribution in [0.3, 0.4) is 0 Å². The van der Waals surface area contributed by atoms with Crippen LogP contribution in [-0.4, -0.2) is 43.7 Å². The minimum atomic E-state index is -4.76. The van der Waals surface area contributed by atoms with Crippen LogP contribution >= 0.6 is 0 Å². The first-order valence-electron chi connectivity index (χ1n) is 13.4. The summed E-state index contributed by atoms with van der Waals surface area (Å²) in [5.74, 6) is 1.11. The highest BCUT2D eigenvalue weighted by atomic mass is 32.3. The third kappa shape index (κ3) is 8.86. The fraction of sp³-hybridized carbons (Fsp3) is 0.750. The summed E-state index contributed by atoms with van der Waals surface area (Å²) in [6.45, 7) is 11.3. The van der Waals surface area contributed by atoms with Gasteiger partial charge in [0.15, 0.2) is 0 Å². The van der Waals surface area contributed by atoms with E-state index in [-0.39, 0.29) is 22.7 Å². The molecule has 1 unspecified atom stereocenters. The number of hydrogen-bond acceptors (Lipinski definition) is 5. The third-order valence-corrected chi connectivity index (χ3v) is 9.35. The van der Waals surface area contributed by atoms with Crippen LogP contribution in [-0.2, 0) is 21.0 Å². The lowest BCUT2D eigenvalue weighted by atomic mass is 9.48. The molecule has 1 fully saturated rings. The largest absolute Gasteiger partial charge is 0.726 e. The zero-order valence-corrected chi connectivity index (χ0v) is 24.6. The number of nitrogens with two attached hydrogens (primary N) is 2. The van der Waals surface area contributed by atoms with E-state index in [4.69, 9.17) is 20.1 Å². The summed E-state index contributed by atoms with van der Waals surface area (Å²) in [4.78, 5) is 0. The van der Waals surface area contributed by atoms with Crippen molar-refractivity contribution in [3.05, 3.63) is 35.8 Å². The number of rotatable bonds is 9. The molecular formula is C28H49N3O5S. The smallest absolute Gasteiger partial charge is 0.340 e. The zero-order valence-electron chi connectivity index (χ0n) is 23.8. The van der Waals surface area contributed by atoms with Crippen molar-refractivity contribution in [2.75, 3.05) is 14.1 Å². The second kappa shape index (κ2) is 12.8. The number of nitrogens with zero attached hydrogens (tertiary/aromatic N) is 1. The fourth-order valence-corrected chi connectivity index (χ4v) is 7.16. The lowest BCUT2D eigenvalue weighted by molar-refractivity contribution is -0.466. The number of fused-ring (bicyclic) bond motifs is 1. The van der Waals surface area contributed by atoms with Crippen molar-refractivity contribution < 1.29 is 26.1 Å². The van der Waals surface area contributed by atoms with E-state index in [1.807, 2.05) is 13.0 Å². The van der Waals surface area contributed by atoms with Crippen LogP contribution in [0.1, 0.15) is 85.1 Å². The van der Waals surface area contributed by atoms with E-state index in [2.05, 4.69) is 33.8 Å². The molecule has 0 aromatic carbocycles. The molecule has 0 bridgehead atoms. The van der Waals surface area contributed by atoms with E-state index in [9.17, 15) is 13.0 Å². The van der Waals surface area contributed by atoms with E-state index in [1.54, 1.807) is 31.2 Å². The Morgan fingerprint density at radius 3 is 2.46 bits per heavy atom. The van der Waals surface area contributed by atoms with Gasteiger partial charge in [0.2, 0.25) is 10.4 Å². The Hall–Kier alpha value is -1.84. The van der Waals surface area contributed by atoms with Crippen molar-refractivity contribution in [3.8, 4) is 0 Å². The Kier molecular flexibility index (Phi) is 10.9. The fourth-order valence-electron chi connectivity index (χ4n) is 6.59. The van der Waals surface area contributed by atoms with Crippen LogP contribution < -0.4 is 11.5 Å². The van der Waals surface area contributed by atoms with Gasteiger partial charge in [-0.15, -0.1) is 0 Å². The quantitative estimate of drug-likeness (QED) is 0.115. The topological polar surface area (TPSA) is 135 Å². The van der Waals surface area contributed by atoms with Gasteiger partial charge in [-0.2, -0.15) is 0 Å². The molecule has 0 radical (unpaired) electrons. The molecule has 1 aromatic heterocycles. The summed E-state index contributed by atoms with van der Waals surface area (Å²) in [5, 5.41) is 0. The SMILES string of the molecule is CC1=CC[C@H]2C(C)(C)CCC[C@]2(C)C1C[C@H](OS(=O)(=O)[O-])[C@H](C)CCCc1ccoc1.C[N+](C)=C(N)N. The minimum Gasteiger partial charge on any atom is -0.726 e. The predicted molar refractivity (Wildman–Crippen MR) is 147 cm³/mol. The second-order valence-electron chi connectivity index (χ2n) is 12.2. The molecule has 1 aromatic rings. The van der Waals surface area contributed by atoms with Crippen molar-refractivity contribution in [1.29, 1.82) is 0 Å². The van der Waals surface area contributed by atoms with E-state index in [0.717, 1.165) is 37.7 Å². The lowest BCUT2D eigenvalue weighted by Crippen LogP contribution is -2.49. The van der Waals surface area contributed by atoms with Crippen LogP contribution in [0.15, 0.2) is 34.7 Å². The Balaban J connectivity index is 0.000000717. The average Bonchev–Trinajstić information content (AvgIpc) is 3.28. The monoisotopic (exact) mass is 539 g/mol. The van der Waals surface area contributed by atoms with Gasteiger partial charge >= 0.3 is 5.96 Å². The Morgan fingerprint density at radius 1 is 1.27 bits per heavy atom. The number of guanidine groups is 1. The van der Waals surface area contributed by atoms with E-state index in [0.29, 0.717) is 18.3 Å². The van der Waals surface area contributed by atoms with Crippen molar-refractivity contribution in [2.45, 2.75) is 92.1 Å². The van der Waals surface area contributed by atoms with Crippen LogP contribution in [0.5, 0.6) is 0 Å². The van der Waals surface area contributed by atoms with Crippen molar-refractivity contribution >= 4 is 16.4 Å². The van der Waals surface area contributed by atoms with Crippen molar-refractivity contribution in [3.63, 3.8) is 0 Å². The standard InChI is InChI=1S/C25H40O5S.C3H9N3/c1-18-10-11-23-24(3,4)13-7-14-25(23,5)21(18)16-22(30-31(26,27)28)19(2)8-6-9-20-12-15-29-17-20;1-6(2)3(4)5/h10,12,15,17,19,21-23H,6-9,11,13-14,16H2,1-5H3,(H,26,27,28);1-2H3,(H3,4,5)/t19-,21?,22+,23+,25-;/m1./s1. The van der Waals surface area contributed by atoms with Gasteiger partial charge in [0.25, 0.3) is 0 Å². The molecule has 0 aliphatic heterocycles. The second-order valence-corrected chi connectivity index (χ2v) is 13.2. The van der Waals surface area contributed by atoms with Gasteiger partial charge in [0, 0.05) is 0 Å². The minimum absolute atomic E-state index is 0.0241. The Labute approximate surface area is 224 Å². The molecule has 0 spiro atoms. The molecule has 2 aliphatic rings.